The minimum Gasteiger partial charge on any atom is -0.462 e. The van der Waals surface area contributed by atoms with E-state index in [1.54, 1.807) is 20.8 Å². The van der Waals surface area contributed by atoms with Crippen LogP contribution in [-0.2, 0) is 57.1 Å². The van der Waals surface area contributed by atoms with Crippen LogP contribution in [0, 0.1) is 22.7 Å². The number of ether oxygens (including phenoxy) is 7. The second-order valence-corrected chi connectivity index (χ2v) is 24.1. The number of aliphatic hydroxyl groups is 5. The Morgan fingerprint density at radius 2 is 0.763 bits per heavy atom. The highest BCUT2D eigenvalue weighted by Crippen LogP contribution is 2.59. The van der Waals surface area contributed by atoms with Crippen molar-refractivity contribution in [1.82, 2.24) is 0 Å². The van der Waals surface area contributed by atoms with E-state index in [0.29, 0.717) is 38.9 Å². The zero-order valence-corrected chi connectivity index (χ0v) is 52.7. The summed E-state index contributed by atoms with van der Waals surface area (Å²) in [5, 5.41) is 46.2. The molecule has 2 aliphatic heterocycles. The quantitative estimate of drug-likeness (QED) is 0.0265. The van der Waals surface area contributed by atoms with Crippen molar-refractivity contribution in [2.75, 3.05) is 39.6 Å². The van der Waals surface area contributed by atoms with E-state index in [1.807, 2.05) is 0 Å². The molecule has 2 saturated heterocycles. The Morgan fingerprint density at radius 1 is 0.462 bits per heavy atom. The first-order chi connectivity index (χ1) is 41.0. The Morgan fingerprint density at radius 3 is 1.02 bits per heavy atom. The number of alkyl halides is 19. The summed E-state index contributed by atoms with van der Waals surface area (Å²) in [5.41, 5.74) is -14.2. The molecule has 7 atom stereocenters. The molecule has 0 bridgehead atoms. The van der Waals surface area contributed by atoms with Crippen LogP contribution < -0.4 is 0 Å². The lowest BCUT2D eigenvalue weighted by Gasteiger charge is -2.44. The lowest BCUT2D eigenvalue weighted by Crippen LogP contribution is -2.61. The lowest BCUT2D eigenvalue weighted by atomic mass is 9.69. The molecule has 93 heavy (non-hydrogen) atoms. The second kappa shape index (κ2) is 32.0. The summed E-state index contributed by atoms with van der Waals surface area (Å²) in [6.45, 7) is 25.4. The van der Waals surface area contributed by atoms with Crippen LogP contribution in [0.3, 0.4) is 0 Å². The van der Waals surface area contributed by atoms with Crippen LogP contribution in [0.2, 0.25) is 0 Å². The molecule has 0 aromatic rings. The highest BCUT2D eigenvalue weighted by atomic mass is 19.4. The topological polar surface area (TPSA) is 251 Å². The van der Waals surface area contributed by atoms with Crippen molar-refractivity contribution in [2.24, 2.45) is 22.7 Å². The molecule has 17 nitrogen and oxygen atoms in total. The lowest BCUT2D eigenvalue weighted by molar-refractivity contribution is -0.408. The van der Waals surface area contributed by atoms with Gasteiger partial charge in [0.1, 0.15) is 13.2 Å². The molecule has 7 unspecified atom stereocenters. The van der Waals surface area contributed by atoms with Gasteiger partial charge in [-0.15, -0.1) is 0 Å². The number of hydrogen-bond donors (Lipinski definition) is 5. The maximum Gasteiger partial charge on any atom is 0.449 e. The van der Waals surface area contributed by atoms with Gasteiger partial charge in [0.25, 0.3) is 0 Å². The molecule has 542 valence electrons. The molecule has 2 heterocycles. The highest BCUT2D eigenvalue weighted by molar-refractivity contribution is 5.88. The van der Waals surface area contributed by atoms with Gasteiger partial charge in [-0.25, -0.2) is 24.0 Å². The predicted octanol–water partition coefficient (Wildman–Crippen LogP) is 12.1. The molecule has 0 radical (unpaired) electrons. The maximum absolute atomic E-state index is 13.9. The largest absolute Gasteiger partial charge is 0.462 e. The zero-order valence-electron chi connectivity index (χ0n) is 52.7. The van der Waals surface area contributed by atoms with Gasteiger partial charge in [-0.2, -0.15) is 83.4 Å². The summed E-state index contributed by atoms with van der Waals surface area (Å²) in [5.74, 6) is -25.4. The average Bonchev–Trinajstić information content (AvgIpc) is 1.59. The van der Waals surface area contributed by atoms with Gasteiger partial charge in [-0.3, -0.25) is 0 Å². The van der Waals surface area contributed by atoms with Crippen molar-refractivity contribution < 1.29 is 166 Å². The molecule has 1 aliphatic carbocycles. The van der Waals surface area contributed by atoms with Crippen LogP contribution in [-0.4, -0.2) is 172 Å². The van der Waals surface area contributed by atoms with Crippen LogP contribution in [0.5, 0.6) is 0 Å². The van der Waals surface area contributed by atoms with Gasteiger partial charge in [-0.1, -0.05) is 32.9 Å². The molecule has 1 saturated carbocycles. The first kappa shape index (κ1) is 89.5. The first-order valence-corrected chi connectivity index (χ1v) is 27.2. The summed E-state index contributed by atoms with van der Waals surface area (Å²) in [6.07, 6.45) is -26.3. The molecule has 5 N–H and O–H groups in total. The molecule has 3 rings (SSSR count). The molecular weight excluding hydrogens is 1320 g/mol. The van der Waals surface area contributed by atoms with Gasteiger partial charge in [-0.05, 0) is 128 Å². The van der Waals surface area contributed by atoms with Gasteiger partial charge in [0, 0.05) is 40.2 Å². The Bertz CT molecular complexity index is 2550. The third-order valence-corrected chi connectivity index (χ3v) is 14.5. The van der Waals surface area contributed by atoms with Gasteiger partial charge < -0.3 is 58.7 Å². The van der Waals surface area contributed by atoms with Crippen molar-refractivity contribution in [1.29, 1.82) is 0 Å². The Labute approximate surface area is 522 Å². The molecule has 0 aromatic heterocycles. The van der Waals surface area contributed by atoms with Crippen LogP contribution in [0.25, 0.3) is 0 Å². The number of hydrogen-bond acceptors (Lipinski definition) is 17. The maximum atomic E-state index is 13.9. The monoisotopic (exact) mass is 1400 g/mol. The Hall–Kier alpha value is -5.56. The van der Waals surface area contributed by atoms with Crippen molar-refractivity contribution in [2.45, 2.75) is 205 Å². The fourth-order valence-corrected chi connectivity index (χ4v) is 7.68. The van der Waals surface area contributed by atoms with E-state index in [2.05, 4.69) is 61.3 Å². The SMILES string of the molecule is C=C(C)C(=O)OC(C)(C1CCC(C(C)(O)C(F)(F)F)CC1)C(F)(F)F.C=C(C)C(=O)OCC1(C)COC(O)(C(F)(F)F)C1(F)F.C=C(C)C(=O)OCC1(C)COC(O)(C(F)(F)F)C1(F)F.C=C(C)C(=O)OCCC(C)(O)C(F)(F)F.C=C(C)C(=O)OCCCC(C)(C)O. The number of carbonyl (C=O) groups is 5. The third kappa shape index (κ3) is 23.1. The molecular formula is C57H79F19O17. The molecule has 36 heteroatoms. The standard InChI is InChI=1S/C16H22F6O3.2C11H13F5O4.C10H18O3.C9H13F3O3/c1-9(2)12(23)25-14(4,16(20,21)22)11-7-5-10(6-8-11)13(3,24)15(17,18)19;2*1-6(2)7(17)19-4-8(3)5-20-10(18,9(8,12)13)11(14,15)16;1-8(2)9(11)13-7-5-6-10(3,4)12;1-6(2)7(13)15-5-4-8(3,14)9(10,11)12/h10-11,24H,1,5-8H2,2-4H3;2*18H,1,4-5H2,2-3H3;12H,1,5-7H2,2-4H3;14H,1,4-5H2,2-3H3. The molecule has 3 aliphatic rings. The van der Waals surface area contributed by atoms with Gasteiger partial charge in [0.15, 0.2) is 11.2 Å². The summed E-state index contributed by atoms with van der Waals surface area (Å²) < 4.78 is 277. The Kier molecular flexibility index (Phi) is 30.8. The summed E-state index contributed by atoms with van der Waals surface area (Å²) in [7, 11) is 0. The highest BCUT2D eigenvalue weighted by Gasteiger charge is 2.82. The van der Waals surface area contributed by atoms with Crippen LogP contribution in [0.4, 0.5) is 83.4 Å². The minimum absolute atomic E-state index is 0.0954. The van der Waals surface area contributed by atoms with E-state index in [1.165, 1.54) is 27.7 Å². The number of carbonyl (C=O) groups excluding carboxylic acids is 5. The molecule has 0 spiro atoms. The van der Waals surface area contributed by atoms with E-state index >= 15 is 0 Å². The van der Waals surface area contributed by atoms with E-state index in [-0.39, 0.29) is 53.9 Å². The van der Waals surface area contributed by atoms with E-state index in [0.717, 1.165) is 20.8 Å². The fraction of sp³-hybridized carbons (Fsp3) is 0.737. The third-order valence-electron chi connectivity index (χ3n) is 14.5. The average molecular weight is 1400 g/mol. The summed E-state index contributed by atoms with van der Waals surface area (Å²) >= 11 is 0. The van der Waals surface area contributed by atoms with Gasteiger partial charge in [0.05, 0.1) is 42.9 Å². The predicted molar refractivity (Wildman–Crippen MR) is 287 cm³/mol. The van der Waals surface area contributed by atoms with E-state index < -0.39 is 163 Å². The molecule has 0 amide bonds. The summed E-state index contributed by atoms with van der Waals surface area (Å²) in [6, 6.07) is 0. The first-order valence-electron chi connectivity index (χ1n) is 27.2. The van der Waals surface area contributed by atoms with E-state index in [9.17, 15) is 118 Å². The van der Waals surface area contributed by atoms with Crippen molar-refractivity contribution in [3.05, 3.63) is 60.8 Å². The van der Waals surface area contributed by atoms with Gasteiger partial charge in [0.2, 0.25) is 5.60 Å². The van der Waals surface area contributed by atoms with Crippen molar-refractivity contribution in [3.8, 4) is 0 Å². The Balaban J connectivity index is 0. The second-order valence-electron chi connectivity index (χ2n) is 24.1. The van der Waals surface area contributed by atoms with Gasteiger partial charge >= 0.3 is 84.1 Å². The number of rotatable bonds is 19. The normalized spacial score (nSPS) is 25.5. The van der Waals surface area contributed by atoms with Crippen LogP contribution >= 0.6 is 0 Å². The van der Waals surface area contributed by atoms with E-state index in [4.69, 9.17) is 20.1 Å². The smallest absolute Gasteiger partial charge is 0.449 e. The fourth-order valence-electron chi connectivity index (χ4n) is 7.68. The van der Waals surface area contributed by atoms with Crippen molar-refractivity contribution >= 4 is 29.8 Å². The zero-order chi connectivity index (χ0) is 74.6. The number of halogens is 19. The summed E-state index contributed by atoms with van der Waals surface area (Å²) in [4.78, 5) is 55.5. The van der Waals surface area contributed by atoms with Crippen LogP contribution in [0.1, 0.15) is 128 Å². The van der Waals surface area contributed by atoms with Crippen LogP contribution in [0.15, 0.2) is 60.8 Å². The molecule has 0 aromatic carbocycles. The minimum atomic E-state index is -5.69. The van der Waals surface area contributed by atoms with Crippen molar-refractivity contribution in [3.63, 3.8) is 0 Å². The number of esters is 5. The molecule has 3 fully saturated rings.